The molecule has 0 saturated carbocycles. The number of benzene rings is 2. The molecule has 5 rings (SSSR count). The molecular weight excluding hydrogens is 593 g/mol. The summed E-state index contributed by atoms with van der Waals surface area (Å²) in [6.07, 6.45) is 4.67. The third-order valence-electron chi connectivity index (χ3n) is 11.5. The van der Waals surface area contributed by atoms with E-state index in [1.807, 2.05) is 30.3 Å². The van der Waals surface area contributed by atoms with Crippen LogP contribution in [0.25, 0.3) is 0 Å². The number of fused-ring (bicyclic) bond motifs is 2. The second-order valence-corrected chi connectivity index (χ2v) is 20.7. The molecule has 2 saturated heterocycles. The highest BCUT2D eigenvalue weighted by Gasteiger charge is 2.70. The molecule has 5 atom stereocenters. The van der Waals surface area contributed by atoms with Crippen LogP contribution >= 0.6 is 0 Å². The fourth-order valence-electron chi connectivity index (χ4n) is 7.82. The van der Waals surface area contributed by atoms with E-state index in [4.69, 9.17) is 23.4 Å². The molecule has 2 aromatic carbocycles. The monoisotopic (exact) mass is 650 g/mol. The fourth-order valence-corrected chi connectivity index (χ4v) is 8.88. The molecule has 0 aromatic heterocycles. The van der Waals surface area contributed by atoms with Gasteiger partial charge in [0.05, 0.1) is 39.1 Å². The Morgan fingerprint density at radius 3 is 2.28 bits per heavy atom. The van der Waals surface area contributed by atoms with Crippen LogP contribution in [0.5, 0.6) is 5.75 Å². The average Bonchev–Trinajstić information content (AvgIpc) is 3.52. The van der Waals surface area contributed by atoms with E-state index in [0.717, 1.165) is 54.6 Å². The minimum absolute atomic E-state index is 0.0821. The molecule has 3 aliphatic rings. The van der Waals surface area contributed by atoms with Gasteiger partial charge in [0.1, 0.15) is 17.5 Å². The van der Waals surface area contributed by atoms with Crippen molar-refractivity contribution in [1.29, 1.82) is 0 Å². The number of aliphatic hydroxyl groups is 1. The third kappa shape index (κ3) is 7.35. The van der Waals surface area contributed by atoms with Crippen LogP contribution in [0, 0.1) is 11.3 Å². The van der Waals surface area contributed by atoms with Crippen molar-refractivity contribution in [2.75, 3.05) is 20.3 Å². The molecule has 1 aliphatic carbocycles. The van der Waals surface area contributed by atoms with Crippen molar-refractivity contribution in [2.45, 2.75) is 128 Å². The molecule has 2 bridgehead atoms. The minimum atomic E-state index is -1.91. The number of ether oxygens (including phenoxy) is 4. The summed E-state index contributed by atoms with van der Waals surface area (Å²) >= 11 is 0. The van der Waals surface area contributed by atoms with E-state index in [2.05, 4.69) is 72.0 Å². The van der Waals surface area contributed by atoms with E-state index in [9.17, 15) is 5.11 Å². The van der Waals surface area contributed by atoms with Crippen molar-refractivity contribution in [3.8, 4) is 5.75 Å². The van der Waals surface area contributed by atoms with E-state index < -0.39 is 20.0 Å². The molecule has 2 aromatic rings. The summed E-state index contributed by atoms with van der Waals surface area (Å²) in [5, 5.41) is 12.7. The van der Waals surface area contributed by atoms with Gasteiger partial charge in [-0.1, -0.05) is 77.1 Å². The summed E-state index contributed by atoms with van der Waals surface area (Å²) in [5.74, 6) is 0.977. The molecule has 0 amide bonds. The predicted molar refractivity (Wildman–Crippen MR) is 186 cm³/mol. The van der Waals surface area contributed by atoms with E-state index in [1.54, 1.807) is 7.11 Å². The van der Waals surface area contributed by atoms with Crippen molar-refractivity contribution >= 4 is 8.32 Å². The maximum Gasteiger partial charge on any atom is 0.191 e. The number of rotatable bonds is 14. The van der Waals surface area contributed by atoms with Gasteiger partial charge in [-0.2, -0.15) is 0 Å². The SMILES string of the molecule is COc1ccc(COCC2=C(C(O)[C@@]34C[C@@H](OCc5ccccc5)[C@H](O3)C(C)(C)C4CCO[Si](C)(C)C(C)(C)C)CCCC2)cc1. The van der Waals surface area contributed by atoms with Crippen LogP contribution < -0.4 is 4.74 Å². The zero-order chi connectivity index (χ0) is 33.2. The Hall–Kier alpha value is -2.00. The van der Waals surface area contributed by atoms with E-state index >= 15 is 0 Å². The van der Waals surface area contributed by atoms with E-state index in [-0.39, 0.29) is 28.6 Å². The summed E-state index contributed by atoms with van der Waals surface area (Å²) in [7, 11) is -0.233. The summed E-state index contributed by atoms with van der Waals surface area (Å²) in [5.41, 5.74) is 3.71. The van der Waals surface area contributed by atoms with Gasteiger partial charge < -0.3 is 28.5 Å². The third-order valence-corrected chi connectivity index (χ3v) is 16.1. The minimum Gasteiger partial charge on any atom is -0.497 e. The number of hydrogen-bond acceptors (Lipinski definition) is 6. The first kappa shape index (κ1) is 35.3. The highest BCUT2D eigenvalue weighted by atomic mass is 28.4. The molecule has 0 spiro atoms. The largest absolute Gasteiger partial charge is 0.497 e. The van der Waals surface area contributed by atoms with E-state index in [0.29, 0.717) is 32.8 Å². The van der Waals surface area contributed by atoms with Gasteiger partial charge in [0.25, 0.3) is 0 Å². The second kappa shape index (κ2) is 14.2. The molecule has 2 heterocycles. The average molecular weight is 651 g/mol. The number of hydrogen-bond donors (Lipinski definition) is 1. The van der Waals surface area contributed by atoms with Crippen molar-refractivity contribution in [3.63, 3.8) is 0 Å². The van der Waals surface area contributed by atoms with Crippen LogP contribution in [-0.2, 0) is 31.9 Å². The Morgan fingerprint density at radius 2 is 1.61 bits per heavy atom. The van der Waals surface area contributed by atoms with Gasteiger partial charge in [0.2, 0.25) is 0 Å². The first-order valence-corrected chi connectivity index (χ1v) is 20.3. The van der Waals surface area contributed by atoms with E-state index in [1.165, 1.54) is 5.57 Å². The van der Waals surface area contributed by atoms with Gasteiger partial charge in [-0.25, -0.2) is 0 Å². The van der Waals surface area contributed by atoms with Gasteiger partial charge in [0.15, 0.2) is 8.32 Å². The normalized spacial score (nSPS) is 26.8. The maximum atomic E-state index is 12.5. The van der Waals surface area contributed by atoms with Crippen LogP contribution in [0.2, 0.25) is 18.1 Å². The predicted octanol–water partition coefficient (Wildman–Crippen LogP) is 8.62. The quantitative estimate of drug-likeness (QED) is 0.163. The lowest BCUT2D eigenvalue weighted by atomic mass is 9.59. The highest BCUT2D eigenvalue weighted by Crippen LogP contribution is 2.62. The molecule has 2 unspecified atom stereocenters. The molecular formula is C39H58O6Si. The lowest BCUT2D eigenvalue weighted by molar-refractivity contribution is -0.0899. The Labute approximate surface area is 279 Å². The first-order valence-electron chi connectivity index (χ1n) is 17.4. The van der Waals surface area contributed by atoms with Gasteiger partial charge >= 0.3 is 0 Å². The molecule has 7 heteroatoms. The highest BCUT2D eigenvalue weighted by molar-refractivity contribution is 6.74. The van der Waals surface area contributed by atoms with Crippen molar-refractivity contribution in [1.82, 2.24) is 0 Å². The van der Waals surface area contributed by atoms with Crippen molar-refractivity contribution in [3.05, 3.63) is 76.9 Å². The van der Waals surface area contributed by atoms with Crippen LogP contribution in [0.15, 0.2) is 65.7 Å². The molecule has 1 N–H and O–H groups in total. The summed E-state index contributed by atoms with van der Waals surface area (Å²) in [4.78, 5) is 0. The Bertz CT molecular complexity index is 1310. The summed E-state index contributed by atoms with van der Waals surface area (Å²) < 4.78 is 32.0. The molecule has 2 aliphatic heterocycles. The Kier molecular flexibility index (Phi) is 10.9. The summed E-state index contributed by atoms with van der Waals surface area (Å²) in [6, 6.07) is 18.4. The smallest absolute Gasteiger partial charge is 0.191 e. The van der Waals surface area contributed by atoms with Crippen LogP contribution in [-0.4, -0.2) is 57.7 Å². The van der Waals surface area contributed by atoms with Crippen LogP contribution in [0.3, 0.4) is 0 Å². The molecule has 6 nitrogen and oxygen atoms in total. The maximum absolute atomic E-state index is 12.5. The van der Waals surface area contributed by atoms with Crippen LogP contribution in [0.1, 0.15) is 84.3 Å². The van der Waals surface area contributed by atoms with Gasteiger partial charge in [-0.3, -0.25) is 0 Å². The lowest BCUT2D eigenvalue weighted by Crippen LogP contribution is -2.55. The molecule has 0 radical (unpaired) electrons. The van der Waals surface area contributed by atoms with Gasteiger partial charge in [-0.05, 0) is 90.1 Å². The zero-order valence-corrected chi connectivity index (χ0v) is 30.6. The zero-order valence-electron chi connectivity index (χ0n) is 29.6. The fraction of sp³-hybridized carbons (Fsp3) is 0.641. The number of methoxy groups -OCH3 is 1. The molecule has 2 fully saturated rings. The summed E-state index contributed by atoms with van der Waals surface area (Å²) in [6.45, 7) is 18.4. The topological polar surface area (TPSA) is 66.4 Å². The number of aliphatic hydroxyl groups excluding tert-OH is 1. The van der Waals surface area contributed by atoms with Gasteiger partial charge in [0, 0.05) is 18.9 Å². The standard InChI is InChI=1S/C39H58O6Si/c1-37(2,3)46(7,8)44-23-22-34-38(4,5)36-33(43-26-28-14-10-9-11-15-28)24-39(34,45-36)35(40)32-17-13-12-16-30(32)27-42-25-29-18-20-31(41-6)21-19-29/h9-11,14-15,18-21,33-36,40H,12-13,16-17,22-27H2,1-8H3/t33-,34?,35?,36+,39+/m1/s1. The van der Waals surface area contributed by atoms with Gasteiger partial charge in [-0.15, -0.1) is 0 Å². The Morgan fingerprint density at radius 1 is 0.935 bits per heavy atom. The molecule has 254 valence electrons. The van der Waals surface area contributed by atoms with Crippen LogP contribution in [0.4, 0.5) is 0 Å². The first-order chi connectivity index (χ1) is 21.8. The molecule has 46 heavy (non-hydrogen) atoms. The second-order valence-electron chi connectivity index (χ2n) is 15.9. The Balaban J connectivity index is 1.38. The van der Waals surface area contributed by atoms with Crippen molar-refractivity contribution in [2.24, 2.45) is 11.3 Å². The lowest BCUT2D eigenvalue weighted by Gasteiger charge is -2.47. The van der Waals surface area contributed by atoms with Crippen molar-refractivity contribution < 1.29 is 28.5 Å².